The van der Waals surface area contributed by atoms with Crippen LogP contribution < -0.4 is 4.90 Å². The molecule has 1 aromatic carbocycles. The number of hydrogen-bond donors (Lipinski definition) is 1. The normalized spacial score (nSPS) is 29.6. The number of sulfone groups is 1. The van der Waals surface area contributed by atoms with Gasteiger partial charge in [-0.1, -0.05) is 33.8 Å². The monoisotopic (exact) mass is 346 g/mol. The fourth-order valence-electron chi connectivity index (χ4n) is 2.44. The zero-order valence-electron chi connectivity index (χ0n) is 9.34. The lowest BCUT2D eigenvalue weighted by Gasteiger charge is -2.23. The molecule has 2 fully saturated rings. The fourth-order valence-corrected chi connectivity index (χ4v) is 6.62. The van der Waals surface area contributed by atoms with Crippen molar-refractivity contribution >= 4 is 48.4 Å². The molecule has 2 heterocycles. The van der Waals surface area contributed by atoms with Crippen LogP contribution in [0.5, 0.6) is 0 Å². The summed E-state index contributed by atoms with van der Waals surface area (Å²) in [5.41, 5.74) is 0.881. The number of thioether (sulfide) groups is 1. The van der Waals surface area contributed by atoms with Gasteiger partial charge in [-0.15, -0.1) is 0 Å². The highest BCUT2D eigenvalue weighted by molar-refractivity contribution is 9.10. The number of hydrogen-bond acceptors (Lipinski definition) is 4. The summed E-state index contributed by atoms with van der Waals surface area (Å²) in [4.78, 5) is 1.84. The molecule has 4 nitrogen and oxygen atoms in total. The van der Waals surface area contributed by atoms with Gasteiger partial charge in [0, 0.05) is 15.4 Å². The topological polar surface area (TPSA) is 61.2 Å². The van der Waals surface area contributed by atoms with Crippen molar-refractivity contribution in [3.63, 3.8) is 0 Å². The zero-order chi connectivity index (χ0) is 12.9. The smallest absolute Gasteiger partial charge is 0.161 e. The van der Waals surface area contributed by atoms with Crippen LogP contribution in [0.25, 0.3) is 0 Å². The Balaban J connectivity index is 1.99. The largest absolute Gasteiger partial charge is 0.316 e. The summed E-state index contributed by atoms with van der Waals surface area (Å²) in [6, 6.07) is 7.55. The maximum atomic E-state index is 11.7. The van der Waals surface area contributed by atoms with Gasteiger partial charge in [0.25, 0.3) is 0 Å². The second kappa shape index (κ2) is 4.25. The van der Waals surface area contributed by atoms with Crippen LogP contribution in [-0.4, -0.2) is 36.4 Å². The summed E-state index contributed by atoms with van der Waals surface area (Å²) in [7, 11) is -2.95. The molecule has 0 saturated carbocycles. The molecule has 7 heteroatoms. The molecule has 2 aliphatic rings. The fraction of sp³-hybridized carbons (Fsp3) is 0.364. The molecule has 2 atom stereocenters. The van der Waals surface area contributed by atoms with Crippen LogP contribution >= 0.6 is 27.7 Å². The van der Waals surface area contributed by atoms with Crippen LogP contribution in [0, 0.1) is 5.41 Å². The summed E-state index contributed by atoms with van der Waals surface area (Å²) in [5.74, 6) is 0.342. The summed E-state index contributed by atoms with van der Waals surface area (Å²) < 4.78 is 24.3. The molecule has 1 N–H and O–H groups in total. The first-order valence-corrected chi connectivity index (χ1v) is 8.96. The Hall–Kier alpha value is -0.530. The van der Waals surface area contributed by atoms with E-state index in [2.05, 4.69) is 15.9 Å². The Labute approximate surface area is 118 Å². The average molecular weight is 347 g/mol. The second-order valence-corrected chi connectivity index (χ2v) is 8.75. The van der Waals surface area contributed by atoms with E-state index in [1.54, 1.807) is 0 Å². The molecule has 2 aliphatic heterocycles. The first-order valence-electron chi connectivity index (χ1n) is 5.47. The molecule has 0 spiro atoms. The van der Waals surface area contributed by atoms with E-state index in [1.807, 2.05) is 29.2 Å². The van der Waals surface area contributed by atoms with Gasteiger partial charge in [0.15, 0.2) is 15.0 Å². The molecule has 0 unspecified atom stereocenters. The standard InChI is InChI=1S/C11H11BrN2O2S2/c12-7-2-1-3-8(4-7)14-9-5-18(15,16)6-10(9)17-11(14)13/h1-4,9-10,13H,5-6H2/t9-,10+/m0/s1. The number of nitrogens with zero attached hydrogens (tertiary/aromatic N) is 1. The Bertz CT molecular complexity index is 617. The van der Waals surface area contributed by atoms with E-state index < -0.39 is 9.84 Å². The number of nitrogens with one attached hydrogen (secondary N) is 1. The van der Waals surface area contributed by atoms with E-state index in [1.165, 1.54) is 11.8 Å². The molecule has 0 amide bonds. The number of amidine groups is 1. The second-order valence-electron chi connectivity index (χ2n) is 4.46. The van der Waals surface area contributed by atoms with E-state index in [0.29, 0.717) is 5.17 Å². The molecular formula is C11H11BrN2O2S2. The number of halogens is 1. The van der Waals surface area contributed by atoms with Crippen molar-refractivity contribution in [2.75, 3.05) is 16.4 Å². The summed E-state index contributed by atoms with van der Waals surface area (Å²) >= 11 is 4.76. The third-order valence-electron chi connectivity index (χ3n) is 3.17. The third kappa shape index (κ3) is 2.08. The van der Waals surface area contributed by atoms with Crippen LogP contribution in [0.2, 0.25) is 0 Å². The number of anilines is 1. The lowest BCUT2D eigenvalue weighted by Crippen LogP contribution is -2.37. The van der Waals surface area contributed by atoms with Crippen LogP contribution in [0.15, 0.2) is 28.7 Å². The lowest BCUT2D eigenvalue weighted by molar-refractivity contribution is 0.601. The SMILES string of the molecule is N=C1S[C@@H]2CS(=O)(=O)C[C@@H]2N1c1cccc(Br)c1. The minimum absolute atomic E-state index is 0.00137. The number of benzene rings is 1. The Morgan fingerprint density at radius 2 is 2.17 bits per heavy atom. The minimum Gasteiger partial charge on any atom is -0.316 e. The molecule has 0 bridgehead atoms. The van der Waals surface area contributed by atoms with Crippen molar-refractivity contribution in [2.45, 2.75) is 11.3 Å². The first-order chi connectivity index (χ1) is 8.46. The zero-order valence-corrected chi connectivity index (χ0v) is 12.6. The molecule has 18 heavy (non-hydrogen) atoms. The highest BCUT2D eigenvalue weighted by Gasteiger charge is 2.48. The van der Waals surface area contributed by atoms with Gasteiger partial charge < -0.3 is 4.90 Å². The molecule has 0 radical (unpaired) electrons. The highest BCUT2D eigenvalue weighted by Crippen LogP contribution is 2.40. The van der Waals surface area contributed by atoms with Gasteiger partial charge in [-0.2, -0.15) is 0 Å². The van der Waals surface area contributed by atoms with E-state index in [9.17, 15) is 8.42 Å². The van der Waals surface area contributed by atoms with Gasteiger partial charge in [0.2, 0.25) is 0 Å². The maximum Gasteiger partial charge on any atom is 0.161 e. The Kier molecular flexibility index (Phi) is 2.95. The highest BCUT2D eigenvalue weighted by atomic mass is 79.9. The van der Waals surface area contributed by atoms with Crippen LogP contribution in [0.4, 0.5) is 5.69 Å². The quantitative estimate of drug-likeness (QED) is 0.845. The van der Waals surface area contributed by atoms with Crippen molar-refractivity contribution in [3.8, 4) is 0 Å². The number of fused-ring (bicyclic) bond motifs is 1. The van der Waals surface area contributed by atoms with Gasteiger partial charge in [0.1, 0.15) is 0 Å². The van der Waals surface area contributed by atoms with Crippen LogP contribution in [0.3, 0.4) is 0 Å². The van der Waals surface area contributed by atoms with E-state index in [4.69, 9.17) is 5.41 Å². The summed E-state index contributed by atoms with van der Waals surface area (Å²) in [6.45, 7) is 0. The molecular weight excluding hydrogens is 336 g/mol. The first kappa shape index (κ1) is 12.5. The van der Waals surface area contributed by atoms with Crippen molar-refractivity contribution in [2.24, 2.45) is 0 Å². The van der Waals surface area contributed by atoms with Gasteiger partial charge in [-0.25, -0.2) is 8.42 Å². The molecule has 2 saturated heterocycles. The van der Waals surface area contributed by atoms with Gasteiger partial charge >= 0.3 is 0 Å². The lowest BCUT2D eigenvalue weighted by atomic mass is 10.2. The molecule has 96 valence electrons. The predicted molar refractivity (Wildman–Crippen MR) is 78.2 cm³/mol. The van der Waals surface area contributed by atoms with Crippen molar-refractivity contribution < 1.29 is 8.42 Å². The van der Waals surface area contributed by atoms with Crippen LogP contribution in [0.1, 0.15) is 0 Å². The Morgan fingerprint density at radius 3 is 2.89 bits per heavy atom. The van der Waals surface area contributed by atoms with E-state index in [-0.39, 0.29) is 22.8 Å². The Morgan fingerprint density at radius 1 is 1.39 bits per heavy atom. The molecule has 3 rings (SSSR count). The van der Waals surface area contributed by atoms with Gasteiger partial charge in [-0.3, -0.25) is 5.41 Å². The molecule has 0 aromatic heterocycles. The predicted octanol–water partition coefficient (Wildman–Crippen LogP) is 2.10. The van der Waals surface area contributed by atoms with Gasteiger partial charge in [0.05, 0.1) is 17.5 Å². The maximum absolute atomic E-state index is 11.7. The van der Waals surface area contributed by atoms with Crippen molar-refractivity contribution in [3.05, 3.63) is 28.7 Å². The van der Waals surface area contributed by atoms with Crippen LogP contribution in [-0.2, 0) is 9.84 Å². The van der Waals surface area contributed by atoms with Crippen molar-refractivity contribution in [1.29, 1.82) is 5.41 Å². The van der Waals surface area contributed by atoms with E-state index in [0.717, 1.165) is 10.2 Å². The molecule has 0 aliphatic carbocycles. The summed E-state index contributed by atoms with van der Waals surface area (Å²) in [5, 5.41) is 8.46. The van der Waals surface area contributed by atoms with Crippen molar-refractivity contribution in [1.82, 2.24) is 0 Å². The van der Waals surface area contributed by atoms with E-state index >= 15 is 0 Å². The summed E-state index contributed by atoms with van der Waals surface area (Å²) in [6.07, 6.45) is 0. The molecule has 1 aromatic rings. The van der Waals surface area contributed by atoms with Gasteiger partial charge in [-0.05, 0) is 18.2 Å². The minimum atomic E-state index is -2.95. The third-order valence-corrected chi connectivity index (χ3v) is 6.80. The number of rotatable bonds is 1. The average Bonchev–Trinajstić information content (AvgIpc) is 2.68.